The molecule has 0 unspecified atom stereocenters. The van der Waals surface area contributed by atoms with Gasteiger partial charge in [0.15, 0.2) is 6.10 Å². The van der Waals surface area contributed by atoms with Crippen LogP contribution in [0.1, 0.15) is 17.2 Å². The molecular weight excluding hydrogens is 209 g/mol. The summed E-state index contributed by atoms with van der Waals surface area (Å²) in [5.74, 6) is 0.329. The van der Waals surface area contributed by atoms with Gasteiger partial charge in [0.05, 0.1) is 7.11 Å². The maximum atomic E-state index is 12.2. The summed E-state index contributed by atoms with van der Waals surface area (Å²) in [7, 11) is 1.37. The molecule has 1 N–H and O–H groups in total. The summed E-state index contributed by atoms with van der Waals surface area (Å²) in [6.07, 6.45) is -7.12. The lowest BCUT2D eigenvalue weighted by molar-refractivity contribution is -0.206. The number of alkyl halides is 3. The minimum Gasteiger partial charge on any atom is -0.496 e. The van der Waals surface area contributed by atoms with Crippen molar-refractivity contribution in [2.45, 2.75) is 19.2 Å². The summed E-state index contributed by atoms with van der Waals surface area (Å²) in [4.78, 5) is 0. The van der Waals surface area contributed by atoms with Gasteiger partial charge < -0.3 is 9.84 Å². The average molecular weight is 220 g/mol. The Balaban J connectivity index is 3.06. The lowest BCUT2D eigenvalue weighted by atomic mass is 10.1. The molecule has 2 nitrogen and oxygen atoms in total. The minimum absolute atomic E-state index is 0.218. The first-order valence-corrected chi connectivity index (χ1v) is 4.25. The number of aryl methyl sites for hydroxylation is 1. The van der Waals surface area contributed by atoms with E-state index in [1.54, 1.807) is 6.92 Å². The number of hydrogen-bond acceptors (Lipinski definition) is 2. The highest BCUT2D eigenvalue weighted by atomic mass is 19.4. The zero-order valence-corrected chi connectivity index (χ0v) is 8.30. The number of hydrogen-bond donors (Lipinski definition) is 1. The lowest BCUT2D eigenvalue weighted by Gasteiger charge is -2.16. The molecular formula is C10H11F3O2. The van der Waals surface area contributed by atoms with Crippen molar-refractivity contribution < 1.29 is 23.0 Å². The first-order valence-electron chi connectivity index (χ1n) is 4.25. The van der Waals surface area contributed by atoms with Crippen LogP contribution in [-0.4, -0.2) is 18.4 Å². The summed E-state index contributed by atoms with van der Waals surface area (Å²) in [5.41, 5.74) is 0.501. The Morgan fingerprint density at radius 2 is 1.93 bits per heavy atom. The van der Waals surface area contributed by atoms with Gasteiger partial charge in [0, 0.05) is 0 Å². The van der Waals surface area contributed by atoms with Crippen LogP contribution in [0.15, 0.2) is 18.2 Å². The molecule has 0 saturated carbocycles. The highest BCUT2D eigenvalue weighted by molar-refractivity contribution is 5.37. The molecule has 1 rings (SSSR count). The molecule has 0 bridgehead atoms. The van der Waals surface area contributed by atoms with E-state index >= 15 is 0 Å². The maximum absolute atomic E-state index is 12.2. The van der Waals surface area contributed by atoms with E-state index in [9.17, 15) is 13.2 Å². The van der Waals surface area contributed by atoms with Gasteiger partial charge in [-0.15, -0.1) is 0 Å². The highest BCUT2D eigenvalue weighted by Crippen LogP contribution is 2.34. The molecule has 5 heteroatoms. The Bertz CT molecular complexity index is 347. The van der Waals surface area contributed by atoms with Gasteiger partial charge in [-0.05, 0) is 24.1 Å². The van der Waals surface area contributed by atoms with E-state index < -0.39 is 12.3 Å². The van der Waals surface area contributed by atoms with E-state index in [2.05, 4.69) is 0 Å². The van der Waals surface area contributed by atoms with Gasteiger partial charge in [0.1, 0.15) is 5.75 Å². The summed E-state index contributed by atoms with van der Waals surface area (Å²) in [6, 6.07) is 3.90. The summed E-state index contributed by atoms with van der Waals surface area (Å²) in [5, 5.41) is 8.99. The monoisotopic (exact) mass is 220 g/mol. The fraction of sp³-hybridized carbons (Fsp3) is 0.400. The molecule has 0 aliphatic rings. The average Bonchev–Trinajstić information content (AvgIpc) is 2.16. The predicted molar refractivity (Wildman–Crippen MR) is 48.7 cm³/mol. The molecule has 0 radical (unpaired) electrons. The van der Waals surface area contributed by atoms with E-state index in [-0.39, 0.29) is 5.56 Å². The molecule has 1 aromatic rings. The van der Waals surface area contributed by atoms with Gasteiger partial charge in [0.2, 0.25) is 0 Å². The van der Waals surface area contributed by atoms with Crippen LogP contribution in [0.2, 0.25) is 0 Å². The van der Waals surface area contributed by atoms with Crippen LogP contribution in [0.3, 0.4) is 0 Å². The number of halogens is 3. The van der Waals surface area contributed by atoms with Crippen molar-refractivity contribution in [1.29, 1.82) is 0 Å². The van der Waals surface area contributed by atoms with Gasteiger partial charge in [-0.1, -0.05) is 12.1 Å². The number of methoxy groups -OCH3 is 1. The predicted octanol–water partition coefficient (Wildman–Crippen LogP) is 2.60. The number of ether oxygens (including phenoxy) is 1. The van der Waals surface area contributed by atoms with Crippen LogP contribution in [-0.2, 0) is 0 Å². The van der Waals surface area contributed by atoms with Crippen molar-refractivity contribution in [2.24, 2.45) is 0 Å². The second-order valence-electron chi connectivity index (χ2n) is 3.17. The maximum Gasteiger partial charge on any atom is 0.418 e. The standard InChI is InChI=1S/C10H11F3O2/c1-6-3-4-7(5-8(6)15-2)9(14)10(11,12)13/h3-5,9,14H,1-2H3/t9-/m0/s1. The Hall–Kier alpha value is -1.23. The molecule has 1 aromatic carbocycles. The fourth-order valence-electron chi connectivity index (χ4n) is 1.20. The van der Waals surface area contributed by atoms with Crippen molar-refractivity contribution in [3.05, 3.63) is 29.3 Å². The fourth-order valence-corrected chi connectivity index (χ4v) is 1.20. The van der Waals surface area contributed by atoms with Crippen LogP contribution in [0.25, 0.3) is 0 Å². The van der Waals surface area contributed by atoms with Crippen molar-refractivity contribution in [3.8, 4) is 5.75 Å². The molecule has 0 amide bonds. The molecule has 0 aliphatic heterocycles. The quantitative estimate of drug-likeness (QED) is 0.830. The van der Waals surface area contributed by atoms with Gasteiger partial charge in [-0.25, -0.2) is 0 Å². The van der Waals surface area contributed by atoms with Crippen molar-refractivity contribution >= 4 is 0 Å². The number of benzene rings is 1. The van der Waals surface area contributed by atoms with Crippen LogP contribution in [0.4, 0.5) is 13.2 Å². The summed E-state index contributed by atoms with van der Waals surface area (Å²) >= 11 is 0. The normalized spacial score (nSPS) is 13.7. The van der Waals surface area contributed by atoms with E-state index in [4.69, 9.17) is 9.84 Å². The number of aliphatic hydroxyl groups is 1. The third-order valence-corrected chi connectivity index (χ3v) is 2.06. The van der Waals surface area contributed by atoms with Crippen LogP contribution >= 0.6 is 0 Å². The molecule has 1 atom stereocenters. The summed E-state index contributed by atoms with van der Waals surface area (Å²) < 4.78 is 41.4. The largest absolute Gasteiger partial charge is 0.496 e. The number of rotatable bonds is 2. The Labute approximate surface area is 85.3 Å². The highest BCUT2D eigenvalue weighted by Gasteiger charge is 2.39. The van der Waals surface area contributed by atoms with E-state index in [1.165, 1.54) is 25.3 Å². The molecule has 0 aromatic heterocycles. The lowest BCUT2D eigenvalue weighted by Crippen LogP contribution is -2.20. The molecule has 0 spiro atoms. The van der Waals surface area contributed by atoms with Crippen LogP contribution in [0, 0.1) is 6.92 Å². The smallest absolute Gasteiger partial charge is 0.418 e. The summed E-state index contributed by atoms with van der Waals surface area (Å²) in [6.45, 7) is 1.71. The van der Waals surface area contributed by atoms with Crippen LogP contribution in [0.5, 0.6) is 5.75 Å². The van der Waals surface area contributed by atoms with Crippen LogP contribution < -0.4 is 4.74 Å². The SMILES string of the molecule is COc1cc([C@H](O)C(F)(F)F)ccc1C. The molecule has 84 valence electrons. The first kappa shape index (κ1) is 11.8. The molecule has 0 heterocycles. The van der Waals surface area contributed by atoms with Gasteiger partial charge in [-0.2, -0.15) is 13.2 Å². The van der Waals surface area contributed by atoms with E-state index in [0.717, 1.165) is 5.56 Å². The van der Waals surface area contributed by atoms with Gasteiger partial charge in [-0.3, -0.25) is 0 Å². The zero-order chi connectivity index (χ0) is 11.6. The second-order valence-corrected chi connectivity index (χ2v) is 3.17. The van der Waals surface area contributed by atoms with E-state index in [0.29, 0.717) is 5.75 Å². The molecule has 15 heavy (non-hydrogen) atoms. The minimum atomic E-state index is -4.65. The van der Waals surface area contributed by atoms with Gasteiger partial charge >= 0.3 is 6.18 Å². The van der Waals surface area contributed by atoms with Crippen molar-refractivity contribution in [1.82, 2.24) is 0 Å². The van der Waals surface area contributed by atoms with Crippen molar-refractivity contribution in [3.63, 3.8) is 0 Å². The molecule has 0 aliphatic carbocycles. The third-order valence-electron chi connectivity index (χ3n) is 2.06. The first-order chi connectivity index (χ1) is 6.86. The zero-order valence-electron chi connectivity index (χ0n) is 8.30. The Kier molecular flexibility index (Phi) is 3.24. The van der Waals surface area contributed by atoms with Crippen molar-refractivity contribution in [2.75, 3.05) is 7.11 Å². The molecule has 0 fully saturated rings. The second kappa shape index (κ2) is 4.10. The molecule has 0 saturated heterocycles. The Morgan fingerprint density at radius 1 is 1.33 bits per heavy atom. The van der Waals surface area contributed by atoms with E-state index in [1.807, 2.05) is 0 Å². The third kappa shape index (κ3) is 2.62. The Morgan fingerprint density at radius 3 is 2.40 bits per heavy atom. The van der Waals surface area contributed by atoms with Gasteiger partial charge in [0.25, 0.3) is 0 Å². The number of aliphatic hydroxyl groups excluding tert-OH is 1. The topological polar surface area (TPSA) is 29.5 Å².